The molecular weight excluding hydrogens is 264 g/mol. The Bertz CT molecular complexity index is 483. The second-order valence-corrected chi connectivity index (χ2v) is 6.09. The van der Waals surface area contributed by atoms with Crippen molar-refractivity contribution in [3.63, 3.8) is 0 Å². The highest BCUT2D eigenvalue weighted by Crippen LogP contribution is 2.19. The minimum atomic E-state index is -3.60. The normalized spacial score (nSPS) is 11.4. The summed E-state index contributed by atoms with van der Waals surface area (Å²) in [6.45, 7) is 3.89. The van der Waals surface area contributed by atoms with Crippen LogP contribution in [-0.2, 0) is 14.8 Å². The van der Waals surface area contributed by atoms with Crippen molar-refractivity contribution in [3.8, 4) is 0 Å². The van der Waals surface area contributed by atoms with Gasteiger partial charge in [-0.2, -0.15) is 0 Å². The average molecular weight is 278 g/mol. The molecule has 96 valence electrons. The molecule has 0 radical (unpaired) electrons. The maximum absolute atomic E-state index is 11.6. The SMILES string of the molecule is CCCNS(=O)(=O)c1nnc(NC(=O)CC)s1. The van der Waals surface area contributed by atoms with Gasteiger partial charge in [-0.05, 0) is 6.42 Å². The summed E-state index contributed by atoms with van der Waals surface area (Å²) < 4.78 is 25.5. The number of amides is 1. The molecule has 0 atom stereocenters. The minimum absolute atomic E-state index is 0.141. The number of aromatic nitrogens is 2. The predicted octanol–water partition coefficient (Wildman–Crippen LogP) is 0.575. The van der Waals surface area contributed by atoms with Gasteiger partial charge in [-0.3, -0.25) is 4.79 Å². The standard InChI is InChI=1S/C8H14N4O3S2/c1-3-5-9-17(14,15)8-12-11-7(16-8)10-6(13)4-2/h9H,3-5H2,1-2H3,(H,10,11,13). The summed E-state index contributed by atoms with van der Waals surface area (Å²) in [5.74, 6) is -0.230. The fourth-order valence-electron chi connectivity index (χ4n) is 0.875. The minimum Gasteiger partial charge on any atom is -0.301 e. The van der Waals surface area contributed by atoms with Crippen LogP contribution < -0.4 is 10.0 Å². The smallest absolute Gasteiger partial charge is 0.269 e. The summed E-state index contributed by atoms with van der Waals surface area (Å²) in [6, 6.07) is 0. The number of rotatable bonds is 6. The molecule has 0 aliphatic carbocycles. The highest BCUT2D eigenvalue weighted by Gasteiger charge is 2.19. The van der Waals surface area contributed by atoms with Gasteiger partial charge in [0.1, 0.15) is 0 Å². The van der Waals surface area contributed by atoms with Crippen LogP contribution in [0.5, 0.6) is 0 Å². The lowest BCUT2D eigenvalue weighted by Crippen LogP contribution is -2.24. The largest absolute Gasteiger partial charge is 0.301 e. The van der Waals surface area contributed by atoms with Gasteiger partial charge in [-0.15, -0.1) is 10.2 Å². The summed E-state index contributed by atoms with van der Waals surface area (Å²) in [5.41, 5.74) is 0. The molecule has 1 rings (SSSR count). The Morgan fingerprint density at radius 3 is 2.65 bits per heavy atom. The van der Waals surface area contributed by atoms with E-state index in [4.69, 9.17) is 0 Å². The number of sulfonamides is 1. The Labute approximate surface area is 104 Å². The van der Waals surface area contributed by atoms with E-state index in [0.717, 1.165) is 11.3 Å². The van der Waals surface area contributed by atoms with Crippen LogP contribution in [0.2, 0.25) is 0 Å². The van der Waals surface area contributed by atoms with Crippen molar-refractivity contribution in [2.45, 2.75) is 31.0 Å². The van der Waals surface area contributed by atoms with Crippen LogP contribution in [0.15, 0.2) is 4.34 Å². The monoisotopic (exact) mass is 278 g/mol. The lowest BCUT2D eigenvalue weighted by molar-refractivity contribution is -0.115. The molecule has 1 aromatic heterocycles. The molecule has 0 aromatic carbocycles. The van der Waals surface area contributed by atoms with E-state index >= 15 is 0 Å². The fourth-order valence-corrected chi connectivity index (χ4v) is 2.97. The molecule has 1 aromatic rings. The number of nitrogens with zero attached hydrogens (tertiary/aromatic N) is 2. The summed E-state index contributed by atoms with van der Waals surface area (Å²) in [5, 5.41) is 9.77. The van der Waals surface area contributed by atoms with Crippen molar-refractivity contribution in [2.75, 3.05) is 11.9 Å². The van der Waals surface area contributed by atoms with Crippen LogP contribution in [0.1, 0.15) is 26.7 Å². The van der Waals surface area contributed by atoms with Gasteiger partial charge in [0.05, 0.1) is 0 Å². The van der Waals surface area contributed by atoms with Crippen LogP contribution in [0.3, 0.4) is 0 Å². The molecule has 1 amide bonds. The van der Waals surface area contributed by atoms with Gasteiger partial charge in [-0.25, -0.2) is 13.1 Å². The first kappa shape index (κ1) is 14.0. The van der Waals surface area contributed by atoms with Crippen LogP contribution in [0.25, 0.3) is 0 Å². The number of anilines is 1. The number of carbonyl (C=O) groups is 1. The lowest BCUT2D eigenvalue weighted by atomic mass is 10.5. The Balaban J connectivity index is 2.77. The van der Waals surface area contributed by atoms with E-state index in [2.05, 4.69) is 20.2 Å². The molecule has 0 spiro atoms. The van der Waals surface area contributed by atoms with Gasteiger partial charge in [-0.1, -0.05) is 25.2 Å². The van der Waals surface area contributed by atoms with E-state index in [1.165, 1.54) is 0 Å². The molecule has 0 bridgehead atoms. The molecule has 9 heteroatoms. The number of hydrogen-bond donors (Lipinski definition) is 2. The molecule has 0 saturated carbocycles. The third kappa shape index (κ3) is 4.02. The van der Waals surface area contributed by atoms with Crippen molar-refractivity contribution in [2.24, 2.45) is 0 Å². The van der Waals surface area contributed by atoms with Crippen LogP contribution >= 0.6 is 11.3 Å². The molecule has 1 heterocycles. The Hall–Kier alpha value is -1.06. The van der Waals surface area contributed by atoms with Crippen molar-refractivity contribution in [1.82, 2.24) is 14.9 Å². The molecule has 0 fully saturated rings. The maximum atomic E-state index is 11.6. The Morgan fingerprint density at radius 1 is 1.35 bits per heavy atom. The van der Waals surface area contributed by atoms with Crippen LogP contribution in [0.4, 0.5) is 5.13 Å². The Kier molecular flexibility index (Phi) is 4.97. The average Bonchev–Trinajstić information content (AvgIpc) is 2.75. The van der Waals surface area contributed by atoms with E-state index in [0.29, 0.717) is 19.4 Å². The number of hydrogen-bond acceptors (Lipinski definition) is 6. The van der Waals surface area contributed by atoms with E-state index in [1.54, 1.807) is 6.92 Å². The van der Waals surface area contributed by atoms with Gasteiger partial charge >= 0.3 is 0 Å². The molecule has 17 heavy (non-hydrogen) atoms. The molecule has 0 unspecified atom stereocenters. The molecule has 0 aliphatic heterocycles. The topological polar surface area (TPSA) is 101 Å². The van der Waals surface area contributed by atoms with E-state index in [-0.39, 0.29) is 15.4 Å². The van der Waals surface area contributed by atoms with Crippen molar-refractivity contribution in [3.05, 3.63) is 0 Å². The number of nitrogens with one attached hydrogen (secondary N) is 2. The third-order valence-electron chi connectivity index (χ3n) is 1.75. The van der Waals surface area contributed by atoms with E-state index in [9.17, 15) is 13.2 Å². The molecule has 7 nitrogen and oxygen atoms in total. The molecule has 0 saturated heterocycles. The van der Waals surface area contributed by atoms with Gasteiger partial charge < -0.3 is 5.32 Å². The first-order valence-electron chi connectivity index (χ1n) is 5.12. The first-order valence-corrected chi connectivity index (χ1v) is 7.42. The number of carbonyl (C=O) groups excluding carboxylic acids is 1. The summed E-state index contributed by atoms with van der Waals surface area (Å²) in [7, 11) is -3.60. The highest BCUT2D eigenvalue weighted by atomic mass is 32.2. The van der Waals surface area contributed by atoms with Crippen LogP contribution in [-0.4, -0.2) is 31.1 Å². The van der Waals surface area contributed by atoms with Gasteiger partial charge in [0.15, 0.2) is 0 Å². The Morgan fingerprint density at radius 2 is 2.06 bits per heavy atom. The van der Waals surface area contributed by atoms with Gasteiger partial charge in [0.25, 0.3) is 10.0 Å². The van der Waals surface area contributed by atoms with Gasteiger partial charge in [0.2, 0.25) is 15.4 Å². The zero-order valence-electron chi connectivity index (χ0n) is 9.56. The molecule has 0 aliphatic rings. The van der Waals surface area contributed by atoms with Crippen LogP contribution in [0, 0.1) is 0 Å². The zero-order chi connectivity index (χ0) is 12.9. The second kappa shape index (κ2) is 6.03. The zero-order valence-corrected chi connectivity index (χ0v) is 11.2. The predicted molar refractivity (Wildman–Crippen MR) is 64.3 cm³/mol. The molecule has 2 N–H and O–H groups in total. The highest BCUT2D eigenvalue weighted by molar-refractivity contribution is 7.91. The molecular formula is C8H14N4O3S2. The summed E-state index contributed by atoms with van der Waals surface area (Å²) >= 11 is 0.829. The van der Waals surface area contributed by atoms with Gasteiger partial charge in [0, 0.05) is 13.0 Å². The summed E-state index contributed by atoms with van der Waals surface area (Å²) in [6.07, 6.45) is 0.993. The van der Waals surface area contributed by atoms with E-state index < -0.39 is 10.0 Å². The second-order valence-electron chi connectivity index (χ2n) is 3.17. The first-order chi connectivity index (χ1) is 7.99. The summed E-state index contributed by atoms with van der Waals surface area (Å²) in [4.78, 5) is 11.1. The maximum Gasteiger partial charge on any atom is 0.269 e. The van der Waals surface area contributed by atoms with E-state index in [1.807, 2.05) is 6.92 Å². The van der Waals surface area contributed by atoms with Crippen molar-refractivity contribution in [1.29, 1.82) is 0 Å². The third-order valence-corrected chi connectivity index (χ3v) is 4.41. The van der Waals surface area contributed by atoms with Crippen molar-refractivity contribution < 1.29 is 13.2 Å². The van der Waals surface area contributed by atoms with Crippen molar-refractivity contribution >= 4 is 32.4 Å². The quantitative estimate of drug-likeness (QED) is 0.741. The fraction of sp³-hybridized carbons (Fsp3) is 0.625. The lowest BCUT2D eigenvalue weighted by Gasteiger charge is -1.99.